The highest BCUT2D eigenvalue weighted by molar-refractivity contribution is 6.04. The second kappa shape index (κ2) is 5.83. The van der Waals surface area contributed by atoms with E-state index < -0.39 is 0 Å². The van der Waals surface area contributed by atoms with Crippen LogP contribution in [0.1, 0.15) is 22.5 Å². The lowest BCUT2D eigenvalue weighted by atomic mass is 10.2. The Balaban J connectivity index is 1.80. The van der Waals surface area contributed by atoms with Crippen LogP contribution >= 0.6 is 0 Å². The number of aryl methyl sites for hydroxylation is 1. The van der Waals surface area contributed by atoms with Gasteiger partial charge in [-0.05, 0) is 37.3 Å². The van der Waals surface area contributed by atoms with Crippen LogP contribution in [0.4, 0.5) is 5.69 Å². The predicted molar refractivity (Wildman–Crippen MR) is 79.0 cm³/mol. The molecule has 0 saturated heterocycles. The maximum atomic E-state index is 12.3. The van der Waals surface area contributed by atoms with E-state index in [4.69, 9.17) is 9.47 Å². The third kappa shape index (κ3) is 3.13. The van der Waals surface area contributed by atoms with Crippen LogP contribution in [0, 0.1) is 6.92 Å². The van der Waals surface area contributed by atoms with Crippen LogP contribution in [0.25, 0.3) is 0 Å². The average molecular weight is 284 g/mol. The molecule has 0 atom stereocenters. The van der Waals surface area contributed by atoms with Crippen LogP contribution in [0.2, 0.25) is 0 Å². The summed E-state index contributed by atoms with van der Waals surface area (Å²) in [6.07, 6.45) is 2.51. The minimum absolute atomic E-state index is 0.184. The molecule has 1 aliphatic rings. The van der Waals surface area contributed by atoms with Gasteiger partial charge in [0, 0.05) is 29.6 Å². The number of benzene rings is 1. The van der Waals surface area contributed by atoms with Crippen molar-refractivity contribution in [1.29, 1.82) is 0 Å². The van der Waals surface area contributed by atoms with Crippen LogP contribution in [-0.2, 0) is 0 Å². The molecule has 108 valence electrons. The maximum absolute atomic E-state index is 12.3. The Hall–Kier alpha value is -2.56. The number of aromatic nitrogens is 1. The zero-order valence-corrected chi connectivity index (χ0v) is 11.8. The minimum Gasteiger partial charge on any atom is -0.490 e. The van der Waals surface area contributed by atoms with Gasteiger partial charge in [0.1, 0.15) is 0 Å². The number of nitrogens with zero attached hydrogens (tertiary/aromatic N) is 1. The van der Waals surface area contributed by atoms with Crippen molar-refractivity contribution in [3.05, 3.63) is 47.8 Å². The highest BCUT2D eigenvalue weighted by Crippen LogP contribution is 2.30. The second-order valence-corrected chi connectivity index (χ2v) is 4.85. The summed E-state index contributed by atoms with van der Waals surface area (Å²) in [7, 11) is 0. The van der Waals surface area contributed by atoms with Crippen molar-refractivity contribution in [2.45, 2.75) is 13.3 Å². The summed E-state index contributed by atoms with van der Waals surface area (Å²) in [6, 6.07) is 8.79. The van der Waals surface area contributed by atoms with E-state index in [2.05, 4.69) is 10.3 Å². The monoisotopic (exact) mass is 284 g/mol. The van der Waals surface area contributed by atoms with Gasteiger partial charge in [-0.2, -0.15) is 0 Å². The molecule has 0 bridgehead atoms. The van der Waals surface area contributed by atoms with Gasteiger partial charge in [0.05, 0.1) is 13.2 Å². The molecule has 2 aromatic rings. The molecule has 3 rings (SSSR count). The van der Waals surface area contributed by atoms with Gasteiger partial charge in [-0.15, -0.1) is 0 Å². The standard InChI is InChI=1S/C16H16N2O3/c1-11-9-13(5-6-17-11)18-16(19)12-3-4-14-15(10-12)21-8-2-7-20-14/h3-6,9-10H,2,7-8H2,1H3,(H,17,18,19). The van der Waals surface area contributed by atoms with Crippen molar-refractivity contribution in [2.24, 2.45) is 0 Å². The Morgan fingerprint density at radius 3 is 2.76 bits per heavy atom. The van der Waals surface area contributed by atoms with Crippen molar-refractivity contribution in [2.75, 3.05) is 18.5 Å². The van der Waals surface area contributed by atoms with Crippen molar-refractivity contribution in [1.82, 2.24) is 4.98 Å². The van der Waals surface area contributed by atoms with E-state index >= 15 is 0 Å². The normalized spacial score (nSPS) is 13.4. The van der Waals surface area contributed by atoms with E-state index in [9.17, 15) is 4.79 Å². The molecule has 1 aromatic carbocycles. The Labute approximate surface area is 122 Å². The van der Waals surface area contributed by atoms with E-state index in [-0.39, 0.29) is 5.91 Å². The smallest absolute Gasteiger partial charge is 0.255 e. The zero-order valence-electron chi connectivity index (χ0n) is 11.8. The summed E-state index contributed by atoms with van der Waals surface area (Å²) in [5.41, 5.74) is 2.11. The Morgan fingerprint density at radius 1 is 1.14 bits per heavy atom. The lowest BCUT2D eigenvalue weighted by molar-refractivity contribution is 0.102. The molecule has 0 radical (unpaired) electrons. The molecule has 0 unspecified atom stereocenters. The fourth-order valence-corrected chi connectivity index (χ4v) is 2.13. The molecular weight excluding hydrogens is 268 g/mol. The van der Waals surface area contributed by atoms with Crippen LogP contribution in [0.3, 0.4) is 0 Å². The number of nitrogens with one attached hydrogen (secondary N) is 1. The molecule has 1 amide bonds. The number of ether oxygens (including phenoxy) is 2. The molecule has 5 nitrogen and oxygen atoms in total. The first kappa shape index (κ1) is 13.4. The van der Waals surface area contributed by atoms with E-state index in [0.29, 0.717) is 30.3 Å². The molecule has 21 heavy (non-hydrogen) atoms. The van der Waals surface area contributed by atoms with Gasteiger partial charge in [-0.1, -0.05) is 0 Å². The molecule has 1 N–H and O–H groups in total. The first-order valence-electron chi connectivity index (χ1n) is 6.86. The Kier molecular flexibility index (Phi) is 3.73. The zero-order chi connectivity index (χ0) is 14.7. The Bertz CT molecular complexity index is 670. The number of carbonyl (C=O) groups excluding carboxylic acids is 1. The third-order valence-electron chi connectivity index (χ3n) is 3.16. The number of carbonyl (C=O) groups is 1. The van der Waals surface area contributed by atoms with Crippen molar-refractivity contribution in [3.63, 3.8) is 0 Å². The number of anilines is 1. The molecule has 1 aliphatic heterocycles. The van der Waals surface area contributed by atoms with Crippen molar-refractivity contribution in [3.8, 4) is 11.5 Å². The number of rotatable bonds is 2. The van der Waals surface area contributed by atoms with Crippen LogP contribution in [-0.4, -0.2) is 24.1 Å². The maximum Gasteiger partial charge on any atom is 0.255 e. The topological polar surface area (TPSA) is 60.5 Å². The number of amides is 1. The number of fused-ring (bicyclic) bond motifs is 1. The quantitative estimate of drug-likeness (QED) is 0.921. The van der Waals surface area contributed by atoms with E-state index in [0.717, 1.165) is 17.8 Å². The third-order valence-corrected chi connectivity index (χ3v) is 3.16. The predicted octanol–water partition coefficient (Wildman–Crippen LogP) is 2.80. The van der Waals surface area contributed by atoms with Gasteiger partial charge in [0.15, 0.2) is 11.5 Å². The summed E-state index contributed by atoms with van der Waals surface area (Å²) < 4.78 is 11.1. The lowest BCUT2D eigenvalue weighted by Crippen LogP contribution is -2.12. The summed E-state index contributed by atoms with van der Waals surface area (Å²) in [5, 5.41) is 2.85. The first-order chi connectivity index (χ1) is 10.2. The highest BCUT2D eigenvalue weighted by atomic mass is 16.5. The fraction of sp³-hybridized carbons (Fsp3) is 0.250. The van der Waals surface area contributed by atoms with Crippen LogP contribution < -0.4 is 14.8 Å². The van der Waals surface area contributed by atoms with E-state index in [1.165, 1.54) is 0 Å². The molecular formula is C16H16N2O3. The molecule has 2 heterocycles. The largest absolute Gasteiger partial charge is 0.490 e. The first-order valence-corrected chi connectivity index (χ1v) is 6.86. The highest BCUT2D eigenvalue weighted by Gasteiger charge is 2.14. The average Bonchev–Trinajstić information content (AvgIpc) is 2.71. The van der Waals surface area contributed by atoms with Crippen molar-refractivity contribution < 1.29 is 14.3 Å². The lowest BCUT2D eigenvalue weighted by Gasteiger charge is -2.10. The summed E-state index contributed by atoms with van der Waals surface area (Å²) in [5.74, 6) is 1.12. The van der Waals surface area contributed by atoms with Crippen LogP contribution in [0.15, 0.2) is 36.5 Å². The molecule has 0 spiro atoms. The van der Waals surface area contributed by atoms with Crippen molar-refractivity contribution >= 4 is 11.6 Å². The minimum atomic E-state index is -0.184. The fourth-order valence-electron chi connectivity index (χ4n) is 2.13. The van der Waals surface area contributed by atoms with E-state index in [1.54, 1.807) is 30.5 Å². The Morgan fingerprint density at radius 2 is 1.95 bits per heavy atom. The molecule has 5 heteroatoms. The van der Waals surface area contributed by atoms with Crippen LogP contribution in [0.5, 0.6) is 11.5 Å². The number of hydrogen-bond acceptors (Lipinski definition) is 4. The van der Waals surface area contributed by atoms with Gasteiger partial charge in [-0.3, -0.25) is 9.78 Å². The van der Waals surface area contributed by atoms with Gasteiger partial charge >= 0.3 is 0 Å². The number of hydrogen-bond donors (Lipinski definition) is 1. The van der Waals surface area contributed by atoms with Gasteiger partial charge < -0.3 is 14.8 Å². The number of pyridine rings is 1. The van der Waals surface area contributed by atoms with Gasteiger partial charge in [0.2, 0.25) is 0 Å². The summed E-state index contributed by atoms with van der Waals surface area (Å²) in [4.78, 5) is 16.4. The molecule has 0 fully saturated rings. The summed E-state index contributed by atoms with van der Waals surface area (Å²) in [6.45, 7) is 3.11. The van der Waals surface area contributed by atoms with Gasteiger partial charge in [-0.25, -0.2) is 0 Å². The summed E-state index contributed by atoms with van der Waals surface area (Å²) >= 11 is 0. The van der Waals surface area contributed by atoms with Gasteiger partial charge in [0.25, 0.3) is 5.91 Å². The molecule has 0 aliphatic carbocycles. The SMILES string of the molecule is Cc1cc(NC(=O)c2ccc3c(c2)OCCCO3)ccn1. The molecule has 0 saturated carbocycles. The van der Waals surface area contributed by atoms with E-state index in [1.807, 2.05) is 13.0 Å². The second-order valence-electron chi connectivity index (χ2n) is 4.85. The molecule has 1 aromatic heterocycles.